The lowest BCUT2D eigenvalue weighted by atomic mass is 9.74. The standard InChI is InChI=1S/C15H26Cl2N2O3/c1-22-8-14(21)19-4-2-9(3-5-19)15(18)10-6-11(16)12(17)7-13(10)20/h9-13,15,20H,2-8,18H2,1H3/t10?,11?,12?,13?,15-/m1/s1. The van der Waals surface area contributed by atoms with Gasteiger partial charge in [0.2, 0.25) is 5.91 Å². The third kappa shape index (κ3) is 4.26. The topological polar surface area (TPSA) is 75.8 Å². The number of ether oxygens (including phenoxy) is 1. The molecule has 1 aliphatic heterocycles. The fraction of sp³-hybridized carbons (Fsp3) is 0.933. The van der Waals surface area contributed by atoms with E-state index in [1.165, 1.54) is 7.11 Å². The minimum atomic E-state index is -0.486. The van der Waals surface area contributed by atoms with Gasteiger partial charge in [0.25, 0.3) is 0 Å². The minimum absolute atomic E-state index is 0.0104. The molecule has 22 heavy (non-hydrogen) atoms. The van der Waals surface area contributed by atoms with Crippen molar-refractivity contribution < 1.29 is 14.6 Å². The van der Waals surface area contributed by atoms with Crippen LogP contribution in [0, 0.1) is 11.8 Å². The van der Waals surface area contributed by atoms with Gasteiger partial charge in [-0.25, -0.2) is 0 Å². The number of halogens is 2. The highest BCUT2D eigenvalue weighted by molar-refractivity contribution is 6.30. The number of carbonyl (C=O) groups is 1. The van der Waals surface area contributed by atoms with Gasteiger partial charge in [-0.2, -0.15) is 0 Å². The first kappa shape index (κ1) is 18.3. The largest absolute Gasteiger partial charge is 0.393 e. The van der Waals surface area contributed by atoms with Crippen LogP contribution in [0.2, 0.25) is 0 Å². The Morgan fingerprint density at radius 3 is 2.50 bits per heavy atom. The second-order valence-corrected chi connectivity index (χ2v) is 7.58. The number of aliphatic hydroxyl groups excluding tert-OH is 1. The molecule has 2 aliphatic rings. The smallest absolute Gasteiger partial charge is 0.248 e. The van der Waals surface area contributed by atoms with Crippen LogP contribution in [-0.4, -0.2) is 65.6 Å². The molecule has 0 radical (unpaired) electrons. The van der Waals surface area contributed by atoms with Crippen molar-refractivity contribution in [2.75, 3.05) is 26.8 Å². The molecule has 1 amide bonds. The van der Waals surface area contributed by atoms with Gasteiger partial charge in [0, 0.05) is 32.2 Å². The Morgan fingerprint density at radius 2 is 1.91 bits per heavy atom. The lowest BCUT2D eigenvalue weighted by Crippen LogP contribution is -2.52. The number of piperidine rings is 1. The molecule has 0 aromatic rings. The fourth-order valence-corrected chi connectivity index (χ4v) is 4.22. The van der Waals surface area contributed by atoms with Gasteiger partial charge < -0.3 is 20.5 Å². The maximum absolute atomic E-state index is 11.8. The summed E-state index contributed by atoms with van der Waals surface area (Å²) in [4.78, 5) is 13.6. The molecule has 7 heteroatoms. The van der Waals surface area contributed by atoms with E-state index in [1.807, 2.05) is 4.90 Å². The average Bonchev–Trinajstić information content (AvgIpc) is 2.50. The number of amides is 1. The third-order valence-electron chi connectivity index (χ3n) is 5.05. The molecule has 2 fully saturated rings. The second kappa shape index (κ2) is 8.15. The van der Waals surface area contributed by atoms with Crippen LogP contribution in [0.1, 0.15) is 25.7 Å². The van der Waals surface area contributed by atoms with Crippen molar-refractivity contribution in [2.24, 2.45) is 17.6 Å². The van der Waals surface area contributed by atoms with Crippen LogP contribution >= 0.6 is 23.2 Å². The number of likely N-dealkylation sites (tertiary alicyclic amines) is 1. The van der Waals surface area contributed by atoms with E-state index < -0.39 is 6.10 Å². The molecule has 0 bridgehead atoms. The van der Waals surface area contributed by atoms with Crippen LogP contribution in [0.25, 0.3) is 0 Å². The number of methoxy groups -OCH3 is 1. The Hall–Kier alpha value is -0.0700. The highest BCUT2D eigenvalue weighted by atomic mass is 35.5. The van der Waals surface area contributed by atoms with E-state index in [0.717, 1.165) is 12.8 Å². The van der Waals surface area contributed by atoms with Crippen molar-refractivity contribution in [1.82, 2.24) is 4.90 Å². The summed E-state index contributed by atoms with van der Waals surface area (Å²) in [6.07, 6.45) is 2.38. The first-order chi connectivity index (χ1) is 10.4. The molecule has 4 unspecified atom stereocenters. The SMILES string of the molecule is COCC(=O)N1CCC([C@@H](N)C2CC(Cl)C(Cl)CC2O)CC1. The number of rotatable bonds is 4. The summed E-state index contributed by atoms with van der Waals surface area (Å²) in [7, 11) is 1.53. The molecule has 0 aromatic heterocycles. The predicted molar refractivity (Wildman–Crippen MR) is 87.2 cm³/mol. The van der Waals surface area contributed by atoms with Crippen molar-refractivity contribution in [2.45, 2.75) is 48.6 Å². The lowest BCUT2D eigenvalue weighted by molar-refractivity contribution is -0.136. The van der Waals surface area contributed by atoms with Crippen molar-refractivity contribution in [1.29, 1.82) is 0 Å². The van der Waals surface area contributed by atoms with Crippen molar-refractivity contribution in [3.63, 3.8) is 0 Å². The molecule has 2 rings (SSSR count). The van der Waals surface area contributed by atoms with Gasteiger partial charge in [-0.3, -0.25) is 4.79 Å². The molecular formula is C15H26Cl2N2O3. The van der Waals surface area contributed by atoms with Crippen LogP contribution in [0.4, 0.5) is 0 Å². The van der Waals surface area contributed by atoms with Crippen LogP contribution < -0.4 is 5.73 Å². The maximum atomic E-state index is 11.8. The monoisotopic (exact) mass is 352 g/mol. The molecule has 1 saturated heterocycles. The Labute approximate surface area is 142 Å². The molecule has 0 spiro atoms. The molecule has 5 nitrogen and oxygen atoms in total. The summed E-state index contributed by atoms with van der Waals surface area (Å²) in [5, 5.41) is 9.94. The Morgan fingerprint density at radius 1 is 1.32 bits per heavy atom. The Balaban J connectivity index is 1.86. The minimum Gasteiger partial charge on any atom is -0.393 e. The summed E-state index contributed by atoms with van der Waals surface area (Å²) in [6, 6.07) is -0.0971. The number of nitrogens with zero attached hydrogens (tertiary/aromatic N) is 1. The third-order valence-corrected chi connectivity index (χ3v) is 6.14. The lowest BCUT2D eigenvalue weighted by Gasteiger charge is -2.42. The van der Waals surface area contributed by atoms with Crippen LogP contribution in [0.5, 0.6) is 0 Å². The summed E-state index contributed by atoms with van der Waals surface area (Å²) in [5.41, 5.74) is 6.41. The highest BCUT2D eigenvalue weighted by Crippen LogP contribution is 2.36. The molecule has 0 aromatic carbocycles. The average molecular weight is 353 g/mol. The highest BCUT2D eigenvalue weighted by Gasteiger charge is 2.40. The zero-order valence-electron chi connectivity index (χ0n) is 13.0. The Kier molecular flexibility index (Phi) is 6.77. The Bertz CT molecular complexity index is 378. The summed E-state index contributed by atoms with van der Waals surface area (Å²) in [6.45, 7) is 1.53. The normalized spacial score (nSPS) is 35.4. The van der Waals surface area contributed by atoms with Crippen LogP contribution in [0.15, 0.2) is 0 Å². The van der Waals surface area contributed by atoms with E-state index in [2.05, 4.69) is 0 Å². The van der Waals surface area contributed by atoms with Gasteiger partial charge in [-0.1, -0.05) is 0 Å². The molecule has 3 N–H and O–H groups in total. The zero-order chi connectivity index (χ0) is 16.3. The van der Waals surface area contributed by atoms with Crippen LogP contribution in [-0.2, 0) is 9.53 Å². The maximum Gasteiger partial charge on any atom is 0.248 e. The zero-order valence-corrected chi connectivity index (χ0v) is 14.5. The summed E-state index contributed by atoms with van der Waals surface area (Å²) < 4.78 is 4.89. The summed E-state index contributed by atoms with van der Waals surface area (Å²) >= 11 is 12.4. The van der Waals surface area contributed by atoms with Crippen molar-refractivity contribution in [3.8, 4) is 0 Å². The quantitative estimate of drug-likeness (QED) is 0.745. The van der Waals surface area contributed by atoms with Gasteiger partial charge in [0.1, 0.15) is 6.61 Å². The number of aliphatic hydroxyl groups is 1. The number of carbonyl (C=O) groups excluding carboxylic acids is 1. The summed E-state index contributed by atoms with van der Waals surface area (Å²) in [5.74, 6) is 0.323. The number of alkyl halides is 2. The number of nitrogens with two attached hydrogens (primary N) is 1. The molecule has 128 valence electrons. The molecule has 1 aliphatic carbocycles. The molecular weight excluding hydrogens is 327 g/mol. The number of hydrogen-bond donors (Lipinski definition) is 2. The van der Waals surface area contributed by atoms with E-state index in [4.69, 9.17) is 33.7 Å². The van der Waals surface area contributed by atoms with E-state index in [9.17, 15) is 9.90 Å². The molecule has 5 atom stereocenters. The van der Waals surface area contributed by atoms with Gasteiger partial charge >= 0.3 is 0 Å². The first-order valence-electron chi connectivity index (χ1n) is 7.92. The van der Waals surface area contributed by atoms with E-state index in [-0.39, 0.29) is 35.2 Å². The van der Waals surface area contributed by atoms with E-state index in [1.54, 1.807) is 0 Å². The van der Waals surface area contributed by atoms with Gasteiger partial charge in [0.15, 0.2) is 0 Å². The number of hydrogen-bond acceptors (Lipinski definition) is 4. The van der Waals surface area contributed by atoms with Gasteiger partial charge in [-0.15, -0.1) is 23.2 Å². The van der Waals surface area contributed by atoms with E-state index >= 15 is 0 Å². The van der Waals surface area contributed by atoms with Gasteiger partial charge in [0.05, 0.1) is 16.9 Å². The predicted octanol–water partition coefficient (Wildman–Crippen LogP) is 1.18. The fourth-order valence-electron chi connectivity index (χ4n) is 3.63. The second-order valence-electron chi connectivity index (χ2n) is 6.46. The molecule has 1 heterocycles. The van der Waals surface area contributed by atoms with Crippen molar-refractivity contribution in [3.05, 3.63) is 0 Å². The first-order valence-corrected chi connectivity index (χ1v) is 8.79. The molecule has 1 saturated carbocycles. The van der Waals surface area contributed by atoms with Gasteiger partial charge in [-0.05, 0) is 31.6 Å². The van der Waals surface area contributed by atoms with Crippen LogP contribution in [0.3, 0.4) is 0 Å². The van der Waals surface area contributed by atoms with Crippen molar-refractivity contribution >= 4 is 29.1 Å². The van der Waals surface area contributed by atoms with E-state index in [0.29, 0.717) is 31.8 Å².